The number of halogens is 2. The number of Topliss-reactive ketones (excluding diaryl/α,β-unsaturated/α-hetero) is 2. The molecule has 0 fully saturated rings. The lowest BCUT2D eigenvalue weighted by Gasteiger charge is -2.13. The van der Waals surface area contributed by atoms with Gasteiger partial charge in [0.1, 0.15) is 6.10 Å². The number of rotatable bonds is 6. The molecule has 22 heavy (non-hydrogen) atoms. The maximum absolute atomic E-state index is 12.4. The minimum Gasteiger partial charge on any atom is -0.373 e. The van der Waals surface area contributed by atoms with E-state index in [1.807, 2.05) is 0 Å². The molecule has 0 saturated heterocycles. The Bertz CT molecular complexity index is 663. The van der Waals surface area contributed by atoms with E-state index in [1.165, 1.54) is 7.11 Å². The monoisotopic (exact) mass is 424 g/mol. The van der Waals surface area contributed by atoms with Gasteiger partial charge >= 0.3 is 0 Å². The van der Waals surface area contributed by atoms with Gasteiger partial charge in [0.25, 0.3) is 0 Å². The van der Waals surface area contributed by atoms with Gasteiger partial charge in [-0.2, -0.15) is 0 Å². The molecule has 0 saturated carbocycles. The maximum atomic E-state index is 12.4. The van der Waals surface area contributed by atoms with Gasteiger partial charge in [-0.3, -0.25) is 9.59 Å². The smallest absolute Gasteiger partial charge is 0.191 e. The maximum Gasteiger partial charge on any atom is 0.191 e. The van der Waals surface area contributed by atoms with Crippen LogP contribution in [0, 0.1) is 0 Å². The van der Waals surface area contributed by atoms with Gasteiger partial charge in [-0.15, -0.1) is 0 Å². The van der Waals surface area contributed by atoms with Gasteiger partial charge in [-0.1, -0.05) is 56.1 Å². The van der Waals surface area contributed by atoms with E-state index in [0.29, 0.717) is 11.1 Å². The number of ketones is 2. The third kappa shape index (κ3) is 4.35. The molecule has 1 atom stereocenters. The van der Waals surface area contributed by atoms with Crippen molar-refractivity contribution >= 4 is 43.4 Å². The molecule has 114 valence electrons. The Kier molecular flexibility index (Phi) is 6.06. The van der Waals surface area contributed by atoms with Gasteiger partial charge in [0.15, 0.2) is 11.6 Å². The van der Waals surface area contributed by atoms with Crippen LogP contribution in [0.3, 0.4) is 0 Å². The Morgan fingerprint density at radius 1 is 0.909 bits per heavy atom. The van der Waals surface area contributed by atoms with Crippen molar-refractivity contribution in [1.29, 1.82) is 0 Å². The summed E-state index contributed by atoms with van der Waals surface area (Å²) in [6.45, 7) is 0. The molecule has 2 aromatic rings. The summed E-state index contributed by atoms with van der Waals surface area (Å²) in [5.74, 6) is -0.315. The highest BCUT2D eigenvalue weighted by atomic mass is 79.9. The average Bonchev–Trinajstić information content (AvgIpc) is 2.53. The molecule has 1 unspecified atom stereocenters. The van der Waals surface area contributed by atoms with Crippen molar-refractivity contribution in [3.8, 4) is 0 Å². The largest absolute Gasteiger partial charge is 0.373 e. The second kappa shape index (κ2) is 7.81. The Hall–Kier alpha value is -1.30. The zero-order valence-corrected chi connectivity index (χ0v) is 15.1. The average molecular weight is 426 g/mol. The predicted octanol–water partition coefficient (Wildman–Crippen LogP) is 4.68. The summed E-state index contributed by atoms with van der Waals surface area (Å²) < 4.78 is 7.02. The van der Waals surface area contributed by atoms with E-state index in [0.717, 1.165) is 8.95 Å². The molecule has 0 bridgehead atoms. The van der Waals surface area contributed by atoms with Crippen LogP contribution in [-0.2, 0) is 4.74 Å². The number of carbonyl (C=O) groups excluding carboxylic acids is 2. The van der Waals surface area contributed by atoms with Crippen molar-refractivity contribution in [2.45, 2.75) is 12.5 Å². The van der Waals surface area contributed by atoms with Gasteiger partial charge in [0.2, 0.25) is 0 Å². The molecule has 2 rings (SSSR count). The summed E-state index contributed by atoms with van der Waals surface area (Å²) in [6, 6.07) is 14.0. The fraction of sp³-hybridized carbons (Fsp3) is 0.176. The normalized spacial score (nSPS) is 12.0. The molecule has 0 aliphatic carbocycles. The first-order valence-electron chi connectivity index (χ1n) is 6.62. The number of ether oxygens (including phenoxy) is 1. The van der Waals surface area contributed by atoms with E-state index < -0.39 is 6.10 Å². The van der Waals surface area contributed by atoms with Crippen LogP contribution >= 0.6 is 31.9 Å². The number of benzene rings is 2. The molecule has 0 radical (unpaired) electrons. The fourth-order valence-electron chi connectivity index (χ4n) is 2.01. The molecule has 0 heterocycles. The van der Waals surface area contributed by atoms with Crippen LogP contribution in [0.1, 0.15) is 27.1 Å². The van der Waals surface area contributed by atoms with Crippen molar-refractivity contribution in [3.63, 3.8) is 0 Å². The van der Waals surface area contributed by atoms with Crippen LogP contribution in [-0.4, -0.2) is 24.8 Å². The predicted molar refractivity (Wildman–Crippen MR) is 92.4 cm³/mol. The molecule has 0 aliphatic rings. The first-order chi connectivity index (χ1) is 10.5. The fourth-order valence-corrected chi connectivity index (χ4v) is 2.53. The van der Waals surface area contributed by atoms with Gasteiger partial charge in [0.05, 0.1) is 0 Å². The van der Waals surface area contributed by atoms with Crippen LogP contribution in [0.5, 0.6) is 0 Å². The zero-order valence-electron chi connectivity index (χ0n) is 11.9. The summed E-state index contributed by atoms with van der Waals surface area (Å²) in [5, 5.41) is 0. The highest BCUT2D eigenvalue weighted by Gasteiger charge is 2.23. The quantitative estimate of drug-likeness (QED) is 0.631. The second-order valence-corrected chi connectivity index (χ2v) is 6.56. The molecule has 3 nitrogen and oxygen atoms in total. The van der Waals surface area contributed by atoms with Crippen LogP contribution in [0.25, 0.3) is 0 Å². The molecule has 5 heteroatoms. The van der Waals surface area contributed by atoms with E-state index in [1.54, 1.807) is 48.5 Å². The summed E-state index contributed by atoms with van der Waals surface area (Å²) >= 11 is 6.65. The van der Waals surface area contributed by atoms with Crippen molar-refractivity contribution in [2.24, 2.45) is 0 Å². The number of hydrogen-bond donors (Lipinski definition) is 0. The van der Waals surface area contributed by atoms with Gasteiger partial charge in [-0.25, -0.2) is 0 Å². The second-order valence-electron chi connectivity index (χ2n) is 4.73. The lowest BCUT2D eigenvalue weighted by Crippen LogP contribution is -2.26. The van der Waals surface area contributed by atoms with E-state index in [2.05, 4.69) is 31.9 Å². The topological polar surface area (TPSA) is 43.4 Å². The Morgan fingerprint density at radius 2 is 1.36 bits per heavy atom. The lowest BCUT2D eigenvalue weighted by atomic mass is 9.99. The van der Waals surface area contributed by atoms with Crippen LogP contribution in [0.4, 0.5) is 0 Å². The zero-order chi connectivity index (χ0) is 16.1. The van der Waals surface area contributed by atoms with Crippen LogP contribution in [0.2, 0.25) is 0 Å². The molecule has 0 amide bonds. The molecule has 0 N–H and O–H groups in total. The Balaban J connectivity index is 2.11. The van der Waals surface area contributed by atoms with Crippen LogP contribution < -0.4 is 0 Å². The minimum atomic E-state index is -0.780. The molecular formula is C17H14Br2O3. The summed E-state index contributed by atoms with van der Waals surface area (Å²) in [4.78, 5) is 24.7. The molecule has 0 aromatic heterocycles. The summed E-state index contributed by atoms with van der Waals surface area (Å²) in [5.41, 5.74) is 1.09. The molecular weight excluding hydrogens is 412 g/mol. The van der Waals surface area contributed by atoms with Crippen molar-refractivity contribution in [3.05, 3.63) is 68.6 Å². The van der Waals surface area contributed by atoms with E-state index in [4.69, 9.17) is 4.74 Å². The molecule has 0 spiro atoms. The van der Waals surface area contributed by atoms with Gasteiger partial charge in [-0.05, 0) is 24.3 Å². The van der Waals surface area contributed by atoms with E-state index >= 15 is 0 Å². The van der Waals surface area contributed by atoms with E-state index in [9.17, 15) is 9.59 Å². The summed E-state index contributed by atoms with van der Waals surface area (Å²) in [7, 11) is 1.44. The first-order valence-corrected chi connectivity index (χ1v) is 8.21. The standard InChI is InChI=1S/C17H14Br2O3/c1-22-16(17(21)12-4-8-14(19)9-5-12)10-15(20)11-2-6-13(18)7-3-11/h2-9,16H,10H2,1H3. The Labute approximate surface area is 145 Å². The Morgan fingerprint density at radius 3 is 1.82 bits per heavy atom. The van der Waals surface area contributed by atoms with Crippen LogP contribution in [0.15, 0.2) is 57.5 Å². The molecule has 0 aliphatic heterocycles. The van der Waals surface area contributed by atoms with Crippen molar-refractivity contribution < 1.29 is 14.3 Å². The number of methoxy groups -OCH3 is 1. The molecule has 2 aromatic carbocycles. The third-order valence-corrected chi connectivity index (χ3v) is 4.30. The van der Waals surface area contributed by atoms with Gasteiger partial charge < -0.3 is 4.74 Å². The summed E-state index contributed by atoms with van der Waals surface area (Å²) in [6.07, 6.45) is -0.759. The first kappa shape index (κ1) is 17.1. The number of hydrogen-bond acceptors (Lipinski definition) is 3. The van der Waals surface area contributed by atoms with E-state index in [-0.39, 0.29) is 18.0 Å². The van der Waals surface area contributed by atoms with Crippen molar-refractivity contribution in [2.75, 3.05) is 7.11 Å². The highest BCUT2D eigenvalue weighted by Crippen LogP contribution is 2.17. The third-order valence-electron chi connectivity index (χ3n) is 3.24. The lowest BCUT2D eigenvalue weighted by molar-refractivity contribution is 0.0545. The van der Waals surface area contributed by atoms with Gasteiger partial charge in [0, 0.05) is 33.6 Å². The highest BCUT2D eigenvalue weighted by molar-refractivity contribution is 9.10. The SMILES string of the molecule is COC(CC(=O)c1ccc(Br)cc1)C(=O)c1ccc(Br)cc1. The number of carbonyl (C=O) groups is 2. The minimum absolute atomic E-state index is 0.0209. The van der Waals surface area contributed by atoms with Crippen molar-refractivity contribution in [1.82, 2.24) is 0 Å².